The number of benzene rings is 2. The fraction of sp³-hybridized carbons (Fsp3) is 0.370. The number of carbonyl (C=O) groups excluding carboxylic acids is 2. The second-order valence-corrected chi connectivity index (χ2v) is 10.0. The van der Waals surface area contributed by atoms with Gasteiger partial charge in [0.25, 0.3) is 0 Å². The maximum Gasteiger partial charge on any atom is 0.408 e. The number of rotatable bonds is 5. The third-order valence-corrected chi connectivity index (χ3v) is 6.04. The molecule has 0 radical (unpaired) electrons. The highest BCUT2D eigenvalue weighted by Crippen LogP contribution is 2.34. The van der Waals surface area contributed by atoms with Crippen molar-refractivity contribution in [1.82, 2.24) is 5.32 Å². The van der Waals surface area contributed by atoms with Crippen molar-refractivity contribution in [1.29, 1.82) is 0 Å². The highest BCUT2D eigenvalue weighted by atomic mass is 35.5. The third-order valence-electron chi connectivity index (χ3n) is 5.74. The molecule has 1 aliphatic rings. The van der Waals surface area contributed by atoms with E-state index in [1.165, 1.54) is 6.07 Å². The molecule has 1 atom stereocenters. The number of halogens is 1. The van der Waals surface area contributed by atoms with E-state index in [4.69, 9.17) is 25.5 Å². The zero-order chi connectivity index (χ0) is 25.2. The fourth-order valence-corrected chi connectivity index (χ4v) is 4.40. The van der Waals surface area contributed by atoms with Gasteiger partial charge in [-0.2, -0.15) is 0 Å². The Morgan fingerprint density at radius 2 is 1.77 bits per heavy atom. The molecule has 7 nitrogen and oxygen atoms in total. The number of carbonyl (C=O) groups is 2. The molecule has 0 spiro atoms. The minimum Gasteiger partial charge on any atom is -0.444 e. The quantitative estimate of drug-likeness (QED) is 0.289. The van der Waals surface area contributed by atoms with Crippen LogP contribution >= 0.6 is 11.6 Å². The molecule has 35 heavy (non-hydrogen) atoms. The summed E-state index contributed by atoms with van der Waals surface area (Å²) in [6.07, 6.45) is 2.83. The summed E-state index contributed by atoms with van der Waals surface area (Å²) in [5, 5.41) is 3.55. The molecule has 1 N–H and O–H groups in total. The lowest BCUT2D eigenvalue weighted by atomic mass is 9.90. The van der Waals surface area contributed by atoms with Gasteiger partial charge >= 0.3 is 17.7 Å². The first kappa shape index (κ1) is 24.8. The van der Waals surface area contributed by atoms with E-state index in [0.29, 0.717) is 17.6 Å². The van der Waals surface area contributed by atoms with Gasteiger partial charge in [-0.15, -0.1) is 0 Å². The molecular formula is C27H28ClNO6. The molecule has 1 heterocycles. The fourth-order valence-electron chi connectivity index (χ4n) is 4.19. The van der Waals surface area contributed by atoms with E-state index in [1.54, 1.807) is 26.8 Å². The molecule has 2 aromatic carbocycles. The summed E-state index contributed by atoms with van der Waals surface area (Å²) in [6.45, 7) is 5.20. The predicted molar refractivity (Wildman–Crippen MR) is 133 cm³/mol. The monoisotopic (exact) mass is 497 g/mol. The Labute approximate surface area is 208 Å². The van der Waals surface area contributed by atoms with E-state index >= 15 is 0 Å². The van der Waals surface area contributed by atoms with Crippen LogP contribution < -0.4 is 15.7 Å². The van der Waals surface area contributed by atoms with E-state index in [1.807, 2.05) is 30.3 Å². The minimum atomic E-state index is -1.03. The second kappa shape index (κ2) is 10.1. The van der Waals surface area contributed by atoms with Crippen molar-refractivity contribution >= 4 is 34.6 Å². The normalized spacial score (nSPS) is 14.2. The van der Waals surface area contributed by atoms with Crippen LogP contribution in [-0.4, -0.2) is 23.7 Å². The Balaban J connectivity index is 1.62. The van der Waals surface area contributed by atoms with Crippen LogP contribution in [0.3, 0.4) is 0 Å². The lowest BCUT2D eigenvalue weighted by Crippen LogP contribution is -2.46. The van der Waals surface area contributed by atoms with E-state index in [0.717, 1.165) is 35.8 Å². The Hall–Kier alpha value is -3.32. The van der Waals surface area contributed by atoms with Gasteiger partial charge in [-0.1, -0.05) is 41.9 Å². The van der Waals surface area contributed by atoms with Gasteiger partial charge in [0.2, 0.25) is 0 Å². The maximum absolute atomic E-state index is 13.2. The summed E-state index contributed by atoms with van der Waals surface area (Å²) in [7, 11) is 0. The van der Waals surface area contributed by atoms with Gasteiger partial charge in [0, 0.05) is 23.4 Å². The van der Waals surface area contributed by atoms with Crippen molar-refractivity contribution in [3.63, 3.8) is 0 Å². The molecule has 1 amide bonds. The Morgan fingerprint density at radius 3 is 2.46 bits per heavy atom. The Bertz CT molecular complexity index is 1310. The smallest absolute Gasteiger partial charge is 0.408 e. The van der Waals surface area contributed by atoms with Crippen molar-refractivity contribution in [2.75, 3.05) is 0 Å². The van der Waals surface area contributed by atoms with Crippen LogP contribution in [0.1, 0.15) is 50.3 Å². The van der Waals surface area contributed by atoms with E-state index in [2.05, 4.69) is 5.32 Å². The van der Waals surface area contributed by atoms with Crippen molar-refractivity contribution < 1.29 is 23.5 Å². The van der Waals surface area contributed by atoms with Gasteiger partial charge < -0.3 is 19.2 Å². The number of ether oxygens (including phenoxy) is 2. The predicted octanol–water partition coefficient (Wildman–Crippen LogP) is 5.37. The first-order valence-electron chi connectivity index (χ1n) is 11.6. The van der Waals surface area contributed by atoms with Crippen LogP contribution in [0.25, 0.3) is 11.0 Å². The number of hydrogen-bond acceptors (Lipinski definition) is 6. The van der Waals surface area contributed by atoms with Gasteiger partial charge in [-0.3, -0.25) is 0 Å². The minimum absolute atomic E-state index is 0.0483. The molecule has 184 valence electrons. The first-order chi connectivity index (χ1) is 16.6. The molecule has 8 heteroatoms. The number of fused-ring (bicyclic) bond motifs is 3. The van der Waals surface area contributed by atoms with Crippen molar-refractivity contribution in [3.05, 3.63) is 74.6 Å². The van der Waals surface area contributed by atoms with Crippen LogP contribution in [0.4, 0.5) is 4.79 Å². The number of nitrogens with one attached hydrogen (secondary N) is 1. The van der Waals surface area contributed by atoms with Crippen LogP contribution in [-0.2, 0) is 28.8 Å². The Morgan fingerprint density at radius 1 is 1.09 bits per heavy atom. The molecule has 3 aromatic rings. The largest absolute Gasteiger partial charge is 0.444 e. The third kappa shape index (κ3) is 6.03. The molecule has 0 saturated heterocycles. The van der Waals surface area contributed by atoms with Crippen molar-refractivity contribution in [2.24, 2.45) is 0 Å². The van der Waals surface area contributed by atoms with Crippen LogP contribution in [0.5, 0.6) is 5.75 Å². The Kier molecular flexibility index (Phi) is 7.17. The molecule has 0 fully saturated rings. The highest BCUT2D eigenvalue weighted by molar-refractivity contribution is 6.33. The zero-order valence-corrected chi connectivity index (χ0v) is 20.7. The molecule has 1 aliphatic carbocycles. The summed E-state index contributed by atoms with van der Waals surface area (Å²) in [4.78, 5) is 38.1. The summed E-state index contributed by atoms with van der Waals surface area (Å²) in [5.74, 6) is -0.673. The van der Waals surface area contributed by atoms with Gasteiger partial charge in [-0.25, -0.2) is 14.4 Å². The topological polar surface area (TPSA) is 94.8 Å². The summed E-state index contributed by atoms with van der Waals surface area (Å²) in [6, 6.07) is 11.3. The van der Waals surface area contributed by atoms with Crippen molar-refractivity contribution in [2.45, 2.75) is 64.5 Å². The van der Waals surface area contributed by atoms with Gasteiger partial charge in [0.05, 0.1) is 5.02 Å². The summed E-state index contributed by atoms with van der Waals surface area (Å²) < 4.78 is 16.4. The zero-order valence-electron chi connectivity index (χ0n) is 20.0. The standard InChI is InChI=1S/C27H28ClNO6/c1-27(2,3)35-26(32)29-21(13-16-9-5-4-6-10-16)25(31)34-23-15-22-19(14-20(23)28)17-11-7-8-12-18(17)24(30)33-22/h4-6,9-10,14-15,21H,7-8,11-13H2,1-3H3,(H,29,32). The average molecular weight is 498 g/mol. The van der Waals surface area contributed by atoms with Crippen molar-refractivity contribution in [3.8, 4) is 5.75 Å². The lowest BCUT2D eigenvalue weighted by molar-refractivity contribution is -0.136. The van der Waals surface area contributed by atoms with E-state index in [9.17, 15) is 14.4 Å². The molecule has 0 bridgehead atoms. The maximum atomic E-state index is 13.2. The number of aryl methyl sites for hydroxylation is 1. The number of esters is 1. The molecule has 0 saturated carbocycles. The first-order valence-corrected chi connectivity index (χ1v) is 12.0. The second-order valence-electron chi connectivity index (χ2n) is 9.64. The molecule has 0 aliphatic heterocycles. The van der Waals surface area contributed by atoms with Crippen LogP contribution in [0, 0.1) is 0 Å². The van der Waals surface area contributed by atoms with E-state index < -0.39 is 23.7 Å². The average Bonchev–Trinajstić information content (AvgIpc) is 2.79. The van der Waals surface area contributed by atoms with E-state index in [-0.39, 0.29) is 22.8 Å². The number of amides is 1. The van der Waals surface area contributed by atoms with Crippen LogP contribution in [0.2, 0.25) is 5.02 Å². The highest BCUT2D eigenvalue weighted by Gasteiger charge is 2.28. The van der Waals surface area contributed by atoms with Gasteiger partial charge in [-0.05, 0) is 63.6 Å². The molecule has 1 unspecified atom stereocenters. The summed E-state index contributed by atoms with van der Waals surface area (Å²) in [5.41, 5.74) is 1.66. The van der Waals surface area contributed by atoms with Gasteiger partial charge in [0.1, 0.15) is 17.2 Å². The van der Waals surface area contributed by atoms with Gasteiger partial charge in [0.15, 0.2) is 5.75 Å². The molecular weight excluding hydrogens is 470 g/mol. The van der Waals surface area contributed by atoms with Crippen LogP contribution in [0.15, 0.2) is 51.7 Å². The molecule has 1 aromatic heterocycles. The number of hydrogen-bond donors (Lipinski definition) is 1. The molecule has 4 rings (SSSR count). The summed E-state index contributed by atoms with van der Waals surface area (Å²) >= 11 is 6.48. The lowest BCUT2D eigenvalue weighted by Gasteiger charge is -2.23. The SMILES string of the molecule is CC(C)(C)OC(=O)NC(Cc1ccccc1)C(=O)Oc1cc2oc(=O)c3c(c2cc1Cl)CCCC3. The number of alkyl carbamates (subject to hydrolysis) is 1.